The highest BCUT2D eigenvalue weighted by Gasteiger charge is 2.23. The number of benzene rings is 1. The number of hydrogen-bond donors (Lipinski definition) is 2. The second-order valence-electron chi connectivity index (χ2n) is 6.87. The molecule has 0 saturated carbocycles. The summed E-state index contributed by atoms with van der Waals surface area (Å²) in [5.41, 5.74) is 4.07. The van der Waals surface area contributed by atoms with Crippen LogP contribution in [0, 0.1) is 6.92 Å². The third-order valence-electron chi connectivity index (χ3n) is 5.09. The number of hydrogen-bond acceptors (Lipinski definition) is 4. The SMILES string of the molecule is Cc1nn(C)c(NC(=O)N2CCc3nc[nH]c(=O)c3CC2)c1-c1ccccc1. The number of H-pyrrole nitrogens is 1. The maximum absolute atomic E-state index is 13.0. The summed E-state index contributed by atoms with van der Waals surface area (Å²) in [6.07, 6.45) is 2.46. The van der Waals surface area contributed by atoms with Crippen LogP contribution in [-0.2, 0) is 19.9 Å². The molecule has 144 valence electrons. The Balaban J connectivity index is 1.57. The minimum atomic E-state index is -0.204. The molecule has 0 atom stereocenters. The summed E-state index contributed by atoms with van der Waals surface area (Å²) in [4.78, 5) is 33.6. The van der Waals surface area contributed by atoms with Crippen molar-refractivity contribution >= 4 is 11.8 Å². The van der Waals surface area contributed by atoms with Crippen LogP contribution in [0.15, 0.2) is 41.5 Å². The molecule has 0 unspecified atom stereocenters. The minimum Gasteiger partial charge on any atom is -0.324 e. The molecule has 0 bridgehead atoms. The van der Waals surface area contributed by atoms with Gasteiger partial charge in [-0.25, -0.2) is 9.78 Å². The van der Waals surface area contributed by atoms with Crippen molar-refractivity contribution in [1.82, 2.24) is 24.6 Å². The zero-order valence-electron chi connectivity index (χ0n) is 15.9. The number of carbonyl (C=O) groups is 1. The second-order valence-corrected chi connectivity index (χ2v) is 6.87. The summed E-state index contributed by atoms with van der Waals surface area (Å²) in [5.74, 6) is 0.659. The number of nitrogens with one attached hydrogen (secondary N) is 2. The number of aryl methyl sites for hydroxylation is 2. The van der Waals surface area contributed by atoms with Crippen molar-refractivity contribution in [3.8, 4) is 11.1 Å². The molecule has 0 radical (unpaired) electrons. The molecule has 2 aromatic heterocycles. The molecule has 0 spiro atoms. The van der Waals surface area contributed by atoms with Crippen LogP contribution in [0.1, 0.15) is 17.0 Å². The molecule has 8 heteroatoms. The molecule has 1 aromatic carbocycles. The van der Waals surface area contributed by atoms with Gasteiger partial charge in [-0.15, -0.1) is 0 Å². The van der Waals surface area contributed by atoms with Crippen molar-refractivity contribution in [2.75, 3.05) is 18.4 Å². The van der Waals surface area contributed by atoms with E-state index in [-0.39, 0.29) is 11.6 Å². The van der Waals surface area contributed by atoms with Gasteiger partial charge >= 0.3 is 6.03 Å². The van der Waals surface area contributed by atoms with Crippen LogP contribution < -0.4 is 10.9 Å². The number of urea groups is 1. The maximum Gasteiger partial charge on any atom is 0.323 e. The molecule has 8 nitrogen and oxygen atoms in total. The number of aromatic amines is 1. The van der Waals surface area contributed by atoms with Crippen LogP contribution in [0.5, 0.6) is 0 Å². The zero-order valence-corrected chi connectivity index (χ0v) is 15.9. The van der Waals surface area contributed by atoms with Crippen molar-refractivity contribution in [1.29, 1.82) is 0 Å². The average Bonchev–Trinajstić information content (AvgIpc) is 2.85. The first-order valence-electron chi connectivity index (χ1n) is 9.25. The lowest BCUT2D eigenvalue weighted by Crippen LogP contribution is -2.37. The van der Waals surface area contributed by atoms with E-state index in [9.17, 15) is 9.59 Å². The number of amides is 2. The van der Waals surface area contributed by atoms with Crippen molar-refractivity contribution in [2.24, 2.45) is 7.05 Å². The summed E-state index contributed by atoms with van der Waals surface area (Å²) < 4.78 is 1.69. The number of aromatic nitrogens is 4. The standard InChI is InChI=1S/C20H22N6O2/c1-13-17(14-6-4-3-5-7-14)18(25(2)24-13)23-20(28)26-10-8-15-16(9-11-26)21-12-22-19(15)27/h3-7,12H,8-11H2,1-2H3,(H,23,28)(H,21,22,27). The zero-order chi connectivity index (χ0) is 19.7. The Bertz CT molecular complexity index is 1070. The molecule has 0 fully saturated rings. The molecule has 28 heavy (non-hydrogen) atoms. The van der Waals surface area contributed by atoms with E-state index in [4.69, 9.17) is 0 Å². The van der Waals surface area contributed by atoms with Crippen LogP contribution in [0.2, 0.25) is 0 Å². The van der Waals surface area contributed by atoms with Crippen LogP contribution in [0.4, 0.5) is 10.6 Å². The normalized spacial score (nSPS) is 13.7. The second kappa shape index (κ2) is 7.30. The summed E-state index contributed by atoms with van der Waals surface area (Å²) in [5, 5.41) is 7.49. The van der Waals surface area contributed by atoms with Crippen LogP contribution in [-0.4, -0.2) is 43.8 Å². The number of nitrogens with zero attached hydrogens (tertiary/aromatic N) is 4. The third-order valence-corrected chi connectivity index (χ3v) is 5.09. The average molecular weight is 378 g/mol. The molecular formula is C20H22N6O2. The van der Waals surface area contributed by atoms with E-state index in [2.05, 4.69) is 20.4 Å². The lowest BCUT2D eigenvalue weighted by atomic mass is 10.1. The largest absolute Gasteiger partial charge is 0.324 e. The van der Waals surface area contributed by atoms with Crippen molar-refractivity contribution < 1.29 is 4.79 Å². The smallest absolute Gasteiger partial charge is 0.323 e. The monoisotopic (exact) mass is 378 g/mol. The maximum atomic E-state index is 13.0. The lowest BCUT2D eigenvalue weighted by molar-refractivity contribution is 0.214. The van der Waals surface area contributed by atoms with Gasteiger partial charge in [-0.05, 0) is 18.9 Å². The van der Waals surface area contributed by atoms with Crippen LogP contribution in [0.25, 0.3) is 11.1 Å². The number of fused-ring (bicyclic) bond motifs is 1. The molecule has 1 aliphatic heterocycles. The highest BCUT2D eigenvalue weighted by atomic mass is 16.2. The van der Waals surface area contributed by atoms with Gasteiger partial charge in [0.1, 0.15) is 5.82 Å². The first-order valence-corrected chi connectivity index (χ1v) is 9.25. The summed E-state index contributed by atoms with van der Waals surface area (Å²) in [6.45, 7) is 2.90. The Morgan fingerprint density at radius 3 is 2.71 bits per heavy atom. The lowest BCUT2D eigenvalue weighted by Gasteiger charge is -2.21. The Kier molecular flexibility index (Phi) is 4.68. The van der Waals surface area contributed by atoms with Crippen molar-refractivity contribution in [2.45, 2.75) is 19.8 Å². The molecule has 2 amide bonds. The molecule has 2 N–H and O–H groups in total. The van der Waals surface area contributed by atoms with Gasteiger partial charge in [0, 0.05) is 37.7 Å². The van der Waals surface area contributed by atoms with Gasteiger partial charge in [0.25, 0.3) is 5.56 Å². The highest BCUT2D eigenvalue weighted by Crippen LogP contribution is 2.31. The fraction of sp³-hybridized carbons (Fsp3) is 0.300. The molecular weight excluding hydrogens is 356 g/mol. The molecule has 0 saturated heterocycles. The Labute approximate surface area is 162 Å². The van der Waals surface area contributed by atoms with E-state index in [0.29, 0.717) is 37.3 Å². The summed E-state index contributed by atoms with van der Waals surface area (Å²) >= 11 is 0. The number of carbonyl (C=O) groups excluding carboxylic acids is 1. The van der Waals surface area contributed by atoms with Gasteiger partial charge in [-0.1, -0.05) is 30.3 Å². The van der Waals surface area contributed by atoms with Gasteiger partial charge in [0.2, 0.25) is 0 Å². The minimum absolute atomic E-state index is 0.124. The quantitative estimate of drug-likeness (QED) is 0.714. The predicted octanol–water partition coefficient (Wildman–Crippen LogP) is 2.11. The Morgan fingerprint density at radius 2 is 1.93 bits per heavy atom. The third kappa shape index (κ3) is 3.28. The topological polar surface area (TPSA) is 95.9 Å². The first kappa shape index (κ1) is 18.0. The fourth-order valence-electron chi connectivity index (χ4n) is 3.67. The first-order chi connectivity index (χ1) is 13.5. The highest BCUT2D eigenvalue weighted by molar-refractivity contribution is 5.94. The molecule has 4 rings (SSSR count). The van der Waals surface area contributed by atoms with E-state index < -0.39 is 0 Å². The summed E-state index contributed by atoms with van der Waals surface area (Å²) in [6, 6.07) is 9.68. The van der Waals surface area contributed by atoms with Gasteiger partial charge in [-0.2, -0.15) is 5.10 Å². The van der Waals surface area contributed by atoms with Gasteiger partial charge < -0.3 is 9.88 Å². The van der Waals surface area contributed by atoms with Crippen LogP contribution in [0.3, 0.4) is 0 Å². The van der Waals surface area contributed by atoms with E-state index in [0.717, 1.165) is 22.5 Å². The molecule has 3 heterocycles. The molecule has 3 aromatic rings. The van der Waals surface area contributed by atoms with E-state index in [1.807, 2.05) is 44.3 Å². The number of rotatable bonds is 2. The molecule has 0 aliphatic carbocycles. The van der Waals surface area contributed by atoms with Crippen molar-refractivity contribution in [3.63, 3.8) is 0 Å². The predicted molar refractivity (Wildman–Crippen MR) is 106 cm³/mol. The van der Waals surface area contributed by atoms with E-state index in [1.165, 1.54) is 6.33 Å². The fourth-order valence-corrected chi connectivity index (χ4v) is 3.67. The van der Waals surface area contributed by atoms with Gasteiger partial charge in [0.15, 0.2) is 0 Å². The molecule has 1 aliphatic rings. The van der Waals surface area contributed by atoms with Gasteiger partial charge in [0.05, 0.1) is 17.7 Å². The van der Waals surface area contributed by atoms with E-state index >= 15 is 0 Å². The van der Waals surface area contributed by atoms with Crippen molar-refractivity contribution in [3.05, 3.63) is 64.0 Å². The Morgan fingerprint density at radius 1 is 1.18 bits per heavy atom. The van der Waals surface area contributed by atoms with Gasteiger partial charge in [-0.3, -0.25) is 14.8 Å². The van der Waals surface area contributed by atoms with E-state index in [1.54, 1.807) is 9.58 Å². The van der Waals surface area contributed by atoms with Crippen LogP contribution >= 0.6 is 0 Å². The number of anilines is 1. The summed E-state index contributed by atoms with van der Waals surface area (Å²) in [7, 11) is 1.82. The Hall–Kier alpha value is -3.42.